The smallest absolute Gasteiger partial charge is 0.158 e. The third-order valence-corrected chi connectivity index (χ3v) is 7.62. The zero-order valence-electron chi connectivity index (χ0n) is 18.6. The number of nitrogens with one attached hydrogen (secondary N) is 1. The molecule has 7 heteroatoms. The summed E-state index contributed by atoms with van der Waals surface area (Å²) < 4.78 is 1.87. The molecule has 1 N–H and O–H groups in total. The number of aryl methyl sites for hydroxylation is 1. The van der Waals surface area contributed by atoms with Gasteiger partial charge >= 0.3 is 0 Å². The summed E-state index contributed by atoms with van der Waals surface area (Å²) in [4.78, 5) is 24.5. The van der Waals surface area contributed by atoms with Gasteiger partial charge in [0.2, 0.25) is 0 Å². The van der Waals surface area contributed by atoms with Crippen LogP contribution in [0.1, 0.15) is 61.5 Å². The molecule has 0 bridgehead atoms. The first kappa shape index (κ1) is 20.4. The van der Waals surface area contributed by atoms with E-state index in [1.807, 2.05) is 15.9 Å². The van der Waals surface area contributed by atoms with Gasteiger partial charge in [0.25, 0.3) is 0 Å². The number of pyridine rings is 1. The normalized spacial score (nSPS) is 16.2. The highest BCUT2D eigenvalue weighted by Gasteiger charge is 2.25. The Morgan fingerprint density at radius 3 is 2.77 bits per heavy atom. The summed E-state index contributed by atoms with van der Waals surface area (Å²) >= 11 is 1.90. The van der Waals surface area contributed by atoms with Gasteiger partial charge in [-0.25, -0.2) is 9.50 Å². The van der Waals surface area contributed by atoms with Gasteiger partial charge in [0.1, 0.15) is 16.9 Å². The molecule has 6 nitrogen and oxygen atoms in total. The zero-order valence-corrected chi connectivity index (χ0v) is 19.4. The lowest BCUT2D eigenvalue weighted by molar-refractivity contribution is -0.118. The van der Waals surface area contributed by atoms with Crippen molar-refractivity contribution < 1.29 is 4.79 Å². The number of carbonyl (C=O) groups is 1. The summed E-state index contributed by atoms with van der Waals surface area (Å²) in [5.41, 5.74) is 5.76. The molecule has 4 aromatic heterocycles. The number of fused-ring (bicyclic) bond motifs is 2. The van der Waals surface area contributed by atoms with Crippen molar-refractivity contribution in [2.45, 2.75) is 52.4 Å². The third-order valence-electron chi connectivity index (χ3n) is 6.41. The number of carbonyl (C=O) groups excluding carboxylic acids is 1. The highest BCUT2D eigenvalue weighted by Crippen LogP contribution is 2.43. The molecular weight excluding hydrogens is 406 g/mol. The second-order valence-corrected chi connectivity index (χ2v) is 10.2. The minimum Gasteiger partial charge on any atom is -0.346 e. The van der Waals surface area contributed by atoms with Gasteiger partial charge in [-0.1, -0.05) is 13.8 Å². The summed E-state index contributed by atoms with van der Waals surface area (Å²) in [6.45, 7) is 10.9. The predicted octanol–water partition coefficient (Wildman–Crippen LogP) is 5.14. The van der Waals surface area contributed by atoms with E-state index in [-0.39, 0.29) is 5.78 Å². The van der Waals surface area contributed by atoms with Gasteiger partial charge in [0.15, 0.2) is 5.65 Å². The third kappa shape index (κ3) is 3.70. The van der Waals surface area contributed by atoms with Crippen LogP contribution in [0.15, 0.2) is 24.7 Å². The Morgan fingerprint density at radius 2 is 2.06 bits per heavy atom. The SMILES string of the molecule is CC(=O)CN1CCC(c2cc3c(C(C)C)c(-c4cc(C)c5ncnn5c4)[nH]c3s2)CC1. The Hall–Kier alpha value is -2.51. The fraction of sp³-hybridized carbons (Fsp3) is 0.458. The van der Waals surface area contributed by atoms with Crippen molar-refractivity contribution in [3.05, 3.63) is 40.7 Å². The number of hydrogen-bond acceptors (Lipinski definition) is 5. The van der Waals surface area contributed by atoms with Crippen LogP contribution in [0.25, 0.3) is 27.1 Å². The molecule has 1 aliphatic heterocycles. The molecule has 1 aliphatic rings. The molecule has 4 aromatic rings. The average molecular weight is 436 g/mol. The molecule has 0 spiro atoms. The van der Waals surface area contributed by atoms with Crippen LogP contribution in [-0.4, -0.2) is 49.9 Å². The number of thiophene rings is 1. The molecule has 0 atom stereocenters. The van der Waals surface area contributed by atoms with Crippen molar-refractivity contribution in [2.24, 2.45) is 0 Å². The van der Waals surface area contributed by atoms with Crippen LogP contribution >= 0.6 is 11.3 Å². The molecule has 5 heterocycles. The molecule has 5 rings (SSSR count). The van der Waals surface area contributed by atoms with Crippen molar-refractivity contribution in [1.29, 1.82) is 0 Å². The van der Waals surface area contributed by atoms with Crippen LogP contribution in [-0.2, 0) is 4.79 Å². The second kappa shape index (κ2) is 7.88. The quantitative estimate of drug-likeness (QED) is 0.471. The lowest BCUT2D eigenvalue weighted by Crippen LogP contribution is -2.35. The van der Waals surface area contributed by atoms with Gasteiger partial charge in [0, 0.05) is 22.0 Å². The van der Waals surface area contributed by atoms with E-state index in [1.54, 1.807) is 13.3 Å². The van der Waals surface area contributed by atoms with Crippen LogP contribution in [0.3, 0.4) is 0 Å². The highest BCUT2D eigenvalue weighted by molar-refractivity contribution is 7.18. The van der Waals surface area contributed by atoms with Crippen molar-refractivity contribution in [3.63, 3.8) is 0 Å². The summed E-state index contributed by atoms with van der Waals surface area (Å²) in [7, 11) is 0. The maximum atomic E-state index is 11.4. The number of ketones is 1. The van der Waals surface area contributed by atoms with E-state index < -0.39 is 0 Å². The molecule has 31 heavy (non-hydrogen) atoms. The number of H-pyrrole nitrogens is 1. The predicted molar refractivity (Wildman–Crippen MR) is 126 cm³/mol. The Balaban J connectivity index is 1.49. The number of likely N-dealkylation sites (tertiary alicyclic amines) is 1. The number of rotatable bonds is 5. The van der Waals surface area contributed by atoms with Gasteiger partial charge in [0.05, 0.1) is 12.2 Å². The molecule has 0 radical (unpaired) electrons. The second-order valence-electron chi connectivity index (χ2n) is 9.15. The Morgan fingerprint density at radius 1 is 1.29 bits per heavy atom. The Bertz CT molecular complexity index is 1260. The van der Waals surface area contributed by atoms with Crippen LogP contribution in [0.4, 0.5) is 0 Å². The van der Waals surface area contributed by atoms with Crippen LogP contribution in [0.5, 0.6) is 0 Å². The van der Waals surface area contributed by atoms with E-state index in [4.69, 9.17) is 0 Å². The first-order valence-corrected chi connectivity index (χ1v) is 11.9. The van der Waals surface area contributed by atoms with Crippen molar-refractivity contribution in [1.82, 2.24) is 24.5 Å². The molecule has 1 saturated heterocycles. The van der Waals surface area contributed by atoms with Crippen LogP contribution in [0.2, 0.25) is 0 Å². The monoisotopic (exact) mass is 435 g/mol. The standard InChI is InChI=1S/C24H29N5OS/c1-14(2)21-19-10-20(17-5-7-28(8-6-17)11-16(4)30)31-24(19)27-22(21)18-9-15(3)23-25-13-26-29(23)12-18/h9-10,12-14,17,27H,5-8,11H2,1-4H3. The molecule has 0 saturated carbocycles. The van der Waals surface area contributed by atoms with Crippen molar-refractivity contribution in [2.75, 3.05) is 19.6 Å². The summed E-state index contributed by atoms with van der Waals surface area (Å²) in [5, 5.41) is 5.70. The van der Waals surface area contributed by atoms with Gasteiger partial charge in [-0.15, -0.1) is 11.3 Å². The van der Waals surface area contributed by atoms with E-state index in [0.29, 0.717) is 18.4 Å². The molecule has 162 valence electrons. The van der Waals surface area contributed by atoms with Crippen LogP contribution < -0.4 is 0 Å². The van der Waals surface area contributed by atoms with Gasteiger partial charge < -0.3 is 4.98 Å². The minimum atomic E-state index is 0.260. The first-order valence-electron chi connectivity index (χ1n) is 11.1. The van der Waals surface area contributed by atoms with Gasteiger partial charge in [-0.2, -0.15) is 5.10 Å². The fourth-order valence-corrected chi connectivity index (χ4v) is 6.21. The van der Waals surface area contributed by atoms with E-state index >= 15 is 0 Å². The maximum Gasteiger partial charge on any atom is 0.158 e. The highest BCUT2D eigenvalue weighted by atomic mass is 32.1. The van der Waals surface area contributed by atoms with E-state index in [2.05, 4.69) is 59.1 Å². The first-order chi connectivity index (χ1) is 14.9. The molecule has 0 amide bonds. The summed E-state index contributed by atoms with van der Waals surface area (Å²) in [6, 6.07) is 4.62. The summed E-state index contributed by atoms with van der Waals surface area (Å²) in [5.74, 6) is 1.26. The average Bonchev–Trinajstić information content (AvgIpc) is 3.41. The molecule has 0 aromatic carbocycles. The number of nitrogens with zero attached hydrogens (tertiary/aromatic N) is 4. The Kier molecular flexibility index (Phi) is 5.18. The summed E-state index contributed by atoms with van der Waals surface area (Å²) in [6.07, 6.45) is 5.93. The van der Waals surface area contributed by atoms with Gasteiger partial charge in [-0.3, -0.25) is 9.69 Å². The minimum absolute atomic E-state index is 0.260. The van der Waals surface area contributed by atoms with Gasteiger partial charge in [-0.05, 0) is 74.9 Å². The number of Topliss-reactive ketones (excluding diaryl/α,β-unsaturated/α-hetero) is 1. The zero-order chi connectivity index (χ0) is 21.7. The van der Waals surface area contributed by atoms with E-state index in [9.17, 15) is 4.79 Å². The Labute approximate surface area is 186 Å². The molecule has 0 aliphatic carbocycles. The number of hydrogen-bond donors (Lipinski definition) is 1. The van der Waals surface area contributed by atoms with E-state index in [0.717, 1.165) is 42.7 Å². The number of aromatic amines is 1. The van der Waals surface area contributed by atoms with Crippen molar-refractivity contribution in [3.8, 4) is 11.3 Å². The number of piperidine rings is 1. The number of aromatic nitrogens is 4. The maximum absolute atomic E-state index is 11.4. The topological polar surface area (TPSA) is 66.3 Å². The van der Waals surface area contributed by atoms with Crippen molar-refractivity contribution >= 4 is 33.0 Å². The lowest BCUT2D eigenvalue weighted by atomic mass is 9.93. The van der Waals surface area contributed by atoms with E-state index in [1.165, 1.54) is 26.4 Å². The fourth-order valence-electron chi connectivity index (χ4n) is 4.97. The molecular formula is C24H29N5OS. The van der Waals surface area contributed by atoms with Crippen LogP contribution in [0, 0.1) is 6.92 Å². The lowest BCUT2D eigenvalue weighted by Gasteiger charge is -2.30. The molecule has 0 unspecified atom stereocenters. The molecule has 1 fully saturated rings. The largest absolute Gasteiger partial charge is 0.346 e.